The number of benzene rings is 2. The first-order valence-corrected chi connectivity index (χ1v) is 14.2. The highest BCUT2D eigenvalue weighted by Crippen LogP contribution is 2.58. The molecule has 0 saturated carbocycles. The number of hydrogen-bond acceptors (Lipinski definition) is 6. The fourth-order valence-electron chi connectivity index (χ4n) is 7.18. The summed E-state index contributed by atoms with van der Waals surface area (Å²) in [7, 11) is 0. The van der Waals surface area contributed by atoms with Crippen LogP contribution < -0.4 is 4.90 Å². The predicted molar refractivity (Wildman–Crippen MR) is 150 cm³/mol. The Labute approximate surface area is 234 Å². The number of esters is 1. The van der Waals surface area contributed by atoms with Gasteiger partial charge in [0.1, 0.15) is 17.6 Å². The van der Waals surface area contributed by atoms with Crippen LogP contribution in [0.1, 0.15) is 33.6 Å². The summed E-state index contributed by atoms with van der Waals surface area (Å²) in [6, 6.07) is 12.1. The summed E-state index contributed by atoms with van der Waals surface area (Å²) >= 11 is 0. The number of cyclic esters (lactones) is 1. The summed E-state index contributed by atoms with van der Waals surface area (Å²) in [5, 5.41) is 12.6. The molecule has 4 aliphatic heterocycles. The van der Waals surface area contributed by atoms with Gasteiger partial charge in [0.15, 0.2) is 0 Å². The molecule has 8 heteroatoms. The summed E-state index contributed by atoms with van der Waals surface area (Å²) < 4.78 is 12.4. The van der Waals surface area contributed by atoms with Gasteiger partial charge in [0.25, 0.3) is 5.91 Å². The van der Waals surface area contributed by atoms with Crippen LogP contribution in [0, 0.1) is 17.8 Å². The zero-order chi connectivity index (χ0) is 28.2. The molecule has 1 unspecified atom stereocenters. The van der Waals surface area contributed by atoms with Gasteiger partial charge in [0, 0.05) is 12.2 Å². The lowest BCUT2D eigenvalue weighted by Gasteiger charge is -2.41. The zero-order valence-electron chi connectivity index (χ0n) is 23.2. The molecule has 0 radical (unpaired) electrons. The van der Waals surface area contributed by atoms with Gasteiger partial charge in [-0.15, -0.1) is 0 Å². The maximum atomic E-state index is 14.7. The molecule has 2 aromatic carbocycles. The second-order valence-electron chi connectivity index (χ2n) is 11.6. The predicted octanol–water partition coefficient (Wildman–Crippen LogP) is 3.62. The van der Waals surface area contributed by atoms with Crippen LogP contribution in [0.2, 0.25) is 0 Å². The van der Waals surface area contributed by atoms with Gasteiger partial charge in [-0.05, 0) is 42.2 Å². The molecule has 1 N–H and O–H groups in total. The van der Waals surface area contributed by atoms with E-state index in [0.29, 0.717) is 18.5 Å². The van der Waals surface area contributed by atoms with E-state index in [2.05, 4.69) is 0 Å². The topological polar surface area (TPSA) is 96.4 Å². The molecule has 2 fully saturated rings. The quantitative estimate of drug-likeness (QED) is 0.456. The van der Waals surface area contributed by atoms with Crippen LogP contribution in [0.5, 0.6) is 0 Å². The minimum atomic E-state index is -1.40. The highest BCUT2D eigenvalue weighted by Gasteiger charge is 2.75. The molecule has 0 aromatic heterocycles. The SMILES string of the molecule is CC[C@H](C)[C@H](CO)N1C(=O)[C@@H]2[C@H]3C(=O)OCCC=C[C@@]3(C)O[C@@]23C=CCN(c2ccc4ccccc4c2)C(=O)C13. The number of nitrogens with zero attached hydrogens (tertiary/aromatic N) is 2. The molecule has 0 aliphatic carbocycles. The average molecular weight is 545 g/mol. The monoisotopic (exact) mass is 544 g/mol. The highest BCUT2D eigenvalue weighted by molar-refractivity contribution is 6.06. The van der Waals surface area contributed by atoms with Crippen molar-refractivity contribution in [2.75, 3.05) is 24.7 Å². The summed E-state index contributed by atoms with van der Waals surface area (Å²) in [4.78, 5) is 45.9. The Hall–Kier alpha value is -3.49. The molecule has 4 heterocycles. The van der Waals surface area contributed by atoms with Crippen molar-refractivity contribution < 1.29 is 29.0 Å². The molecule has 7 atom stereocenters. The molecular formula is C32H36N2O6. The van der Waals surface area contributed by atoms with Crippen LogP contribution in [-0.4, -0.2) is 70.8 Å². The Kier molecular flexibility index (Phi) is 6.58. The van der Waals surface area contributed by atoms with Crippen LogP contribution in [0.3, 0.4) is 0 Å². The minimum absolute atomic E-state index is 0.0884. The molecule has 4 aliphatic rings. The minimum Gasteiger partial charge on any atom is -0.465 e. The van der Waals surface area contributed by atoms with Crippen molar-refractivity contribution in [3.63, 3.8) is 0 Å². The number of carbonyl (C=O) groups is 3. The number of amides is 2. The smallest absolute Gasteiger partial charge is 0.313 e. The molecule has 2 saturated heterocycles. The molecule has 6 rings (SSSR count). The first kappa shape index (κ1) is 26.7. The molecule has 2 amide bonds. The van der Waals surface area contributed by atoms with E-state index in [1.807, 2.05) is 80.6 Å². The van der Waals surface area contributed by atoms with E-state index in [-0.39, 0.29) is 37.5 Å². The highest BCUT2D eigenvalue weighted by atomic mass is 16.6. The Morgan fingerprint density at radius 2 is 1.80 bits per heavy atom. The van der Waals surface area contributed by atoms with Crippen LogP contribution >= 0.6 is 0 Å². The van der Waals surface area contributed by atoms with E-state index in [4.69, 9.17) is 9.47 Å². The molecule has 8 nitrogen and oxygen atoms in total. The van der Waals surface area contributed by atoms with Crippen molar-refractivity contribution in [2.45, 2.75) is 56.9 Å². The summed E-state index contributed by atoms with van der Waals surface area (Å²) in [5.74, 6) is -3.13. The fraction of sp³-hybridized carbons (Fsp3) is 0.469. The number of hydrogen-bond donors (Lipinski definition) is 1. The largest absolute Gasteiger partial charge is 0.465 e. The van der Waals surface area contributed by atoms with Crippen LogP contribution in [0.25, 0.3) is 10.8 Å². The number of carbonyl (C=O) groups excluding carboxylic acids is 3. The molecule has 0 bridgehead atoms. The van der Waals surface area contributed by atoms with E-state index in [9.17, 15) is 19.5 Å². The lowest BCUT2D eigenvalue weighted by molar-refractivity contribution is -0.160. The second-order valence-corrected chi connectivity index (χ2v) is 11.6. The van der Waals surface area contributed by atoms with Gasteiger partial charge in [0.2, 0.25) is 5.91 Å². The van der Waals surface area contributed by atoms with Crippen molar-refractivity contribution in [1.29, 1.82) is 0 Å². The number of aliphatic hydroxyl groups is 1. The molecule has 40 heavy (non-hydrogen) atoms. The molecular weight excluding hydrogens is 508 g/mol. The number of rotatable bonds is 5. The third kappa shape index (κ3) is 3.84. The zero-order valence-corrected chi connectivity index (χ0v) is 23.2. The van der Waals surface area contributed by atoms with Gasteiger partial charge in [-0.25, -0.2) is 0 Å². The Bertz CT molecular complexity index is 1420. The van der Waals surface area contributed by atoms with E-state index in [0.717, 1.165) is 10.8 Å². The lowest BCUT2D eigenvalue weighted by Crippen LogP contribution is -2.60. The Morgan fingerprint density at radius 3 is 2.55 bits per heavy atom. The van der Waals surface area contributed by atoms with E-state index < -0.39 is 41.1 Å². The lowest BCUT2D eigenvalue weighted by atomic mass is 9.74. The van der Waals surface area contributed by atoms with Crippen LogP contribution in [0.4, 0.5) is 5.69 Å². The standard InChI is InChI=1S/C32H36N2O6/c1-4-20(2)24(19-35)34-27-29(37)33(23-13-12-21-10-5-6-11-22(21)18-23)16-9-15-32(27)25(28(34)36)26-30(38)39-17-8-7-14-31(26,3)40-32/h5-7,9-15,18,20,24-27,35H,4,8,16-17,19H2,1-3H3/t20-,24-,25-,26-,27?,31+,32-/m0/s1. The third-order valence-electron chi connectivity index (χ3n) is 9.35. The number of anilines is 1. The maximum absolute atomic E-state index is 14.7. The summed E-state index contributed by atoms with van der Waals surface area (Å²) in [6.07, 6.45) is 8.69. The first-order chi connectivity index (χ1) is 19.3. The number of ether oxygens (including phenoxy) is 2. The van der Waals surface area contributed by atoms with Gasteiger partial charge >= 0.3 is 5.97 Å². The number of likely N-dealkylation sites (tertiary alicyclic amines) is 1. The molecule has 1 spiro atoms. The second kappa shape index (κ2) is 9.85. The Balaban J connectivity index is 1.52. The fourth-order valence-corrected chi connectivity index (χ4v) is 7.18. The summed E-state index contributed by atoms with van der Waals surface area (Å²) in [6.45, 7) is 5.95. The van der Waals surface area contributed by atoms with Crippen molar-refractivity contribution in [1.82, 2.24) is 4.90 Å². The van der Waals surface area contributed by atoms with E-state index in [1.165, 1.54) is 4.90 Å². The normalized spacial score (nSPS) is 33.1. The summed E-state index contributed by atoms with van der Waals surface area (Å²) in [5.41, 5.74) is -1.82. The van der Waals surface area contributed by atoms with Gasteiger partial charge in [-0.2, -0.15) is 0 Å². The van der Waals surface area contributed by atoms with Gasteiger partial charge in [0.05, 0.1) is 30.8 Å². The van der Waals surface area contributed by atoms with Crippen molar-refractivity contribution in [3.8, 4) is 0 Å². The van der Waals surface area contributed by atoms with Crippen molar-refractivity contribution >= 4 is 34.2 Å². The van der Waals surface area contributed by atoms with Gasteiger partial charge in [-0.1, -0.05) is 74.9 Å². The maximum Gasteiger partial charge on any atom is 0.313 e. The number of aliphatic hydroxyl groups excluding tert-OH is 1. The Morgan fingerprint density at radius 1 is 1.02 bits per heavy atom. The average Bonchev–Trinajstić information content (AvgIpc) is 3.27. The third-order valence-corrected chi connectivity index (χ3v) is 9.35. The van der Waals surface area contributed by atoms with Crippen molar-refractivity contribution in [3.05, 3.63) is 66.8 Å². The molecule has 2 aromatic rings. The van der Waals surface area contributed by atoms with Crippen LogP contribution in [0.15, 0.2) is 66.8 Å². The van der Waals surface area contributed by atoms with Crippen LogP contribution in [-0.2, 0) is 23.9 Å². The van der Waals surface area contributed by atoms with Gasteiger partial charge < -0.3 is 24.4 Å². The van der Waals surface area contributed by atoms with Gasteiger partial charge in [-0.3, -0.25) is 14.4 Å². The van der Waals surface area contributed by atoms with E-state index >= 15 is 0 Å². The van der Waals surface area contributed by atoms with E-state index in [1.54, 1.807) is 11.8 Å². The number of fused-ring (bicyclic) bond motifs is 3. The molecule has 210 valence electrons. The van der Waals surface area contributed by atoms with Crippen molar-refractivity contribution in [2.24, 2.45) is 17.8 Å². The first-order valence-electron chi connectivity index (χ1n) is 14.2.